The summed E-state index contributed by atoms with van der Waals surface area (Å²) in [5, 5.41) is 4.61. The number of hydrazone groups is 1. The molecule has 0 unspecified atom stereocenters. The third-order valence-corrected chi connectivity index (χ3v) is 10.9. The molecule has 11 heteroatoms. The Balaban J connectivity index is 1.98. The molecule has 45 heavy (non-hydrogen) atoms. The van der Waals surface area contributed by atoms with Crippen molar-refractivity contribution in [2.45, 2.75) is 113 Å². The van der Waals surface area contributed by atoms with Crippen LogP contribution in [0.3, 0.4) is 0 Å². The van der Waals surface area contributed by atoms with Crippen molar-refractivity contribution in [3.63, 3.8) is 0 Å². The summed E-state index contributed by atoms with van der Waals surface area (Å²) in [7, 11) is -5.28. The van der Waals surface area contributed by atoms with Crippen LogP contribution in [0.15, 0.2) is 48.1 Å². The van der Waals surface area contributed by atoms with E-state index < -0.39 is 19.8 Å². The van der Waals surface area contributed by atoms with Gasteiger partial charge in [-0.1, -0.05) is 0 Å². The van der Waals surface area contributed by atoms with Gasteiger partial charge in [-0.2, -0.15) is 0 Å². The van der Waals surface area contributed by atoms with E-state index in [1.165, 1.54) is 6.33 Å². The molecule has 0 saturated heterocycles. The first-order valence-corrected chi connectivity index (χ1v) is 17.4. The maximum absolute atomic E-state index is 14.3. The summed E-state index contributed by atoms with van der Waals surface area (Å²) in [6.07, 6.45) is 3.53. The number of benzene rings is 2. The molecule has 5 rings (SSSR count). The van der Waals surface area contributed by atoms with Crippen LogP contribution in [0.1, 0.15) is 103 Å². The fourth-order valence-corrected chi connectivity index (χ4v) is 8.93. The molecule has 1 amide bonds. The predicted octanol–water partition coefficient (Wildman–Crippen LogP) is 8.71. The summed E-state index contributed by atoms with van der Waals surface area (Å²) < 4.78 is 36.1. The number of hydrogen-bond donors (Lipinski definition) is 0. The van der Waals surface area contributed by atoms with Gasteiger partial charge in [0.25, 0.3) is 0 Å². The second-order valence-corrected chi connectivity index (χ2v) is 17.5. The van der Waals surface area contributed by atoms with Crippen molar-refractivity contribution in [1.29, 1.82) is 0 Å². The first-order valence-electron chi connectivity index (χ1n) is 15.5. The van der Waals surface area contributed by atoms with Gasteiger partial charge in [-0.3, -0.25) is 0 Å². The summed E-state index contributed by atoms with van der Waals surface area (Å²) in [6.45, 7) is 24.2. The van der Waals surface area contributed by atoms with Crippen LogP contribution in [0.2, 0.25) is 0 Å². The van der Waals surface area contributed by atoms with E-state index in [9.17, 15) is 4.79 Å². The van der Waals surface area contributed by atoms with Crippen LogP contribution in [-0.2, 0) is 31.2 Å². The minimum atomic E-state index is -5.28. The van der Waals surface area contributed by atoms with Crippen molar-refractivity contribution in [3.05, 3.63) is 76.4 Å². The Morgan fingerprint density at radius 2 is 1.38 bits per heavy atom. The first kappa shape index (κ1) is 32.6. The zero-order chi connectivity index (χ0) is 33.1. The molecule has 2 aliphatic rings. The number of imidazole rings is 1. The van der Waals surface area contributed by atoms with Gasteiger partial charge in [-0.25, -0.2) is 0 Å². The molecule has 2 aromatic carbocycles. The fourth-order valence-electron chi connectivity index (χ4n) is 5.64. The van der Waals surface area contributed by atoms with Crippen molar-refractivity contribution in [3.8, 4) is 11.5 Å². The monoisotopic (exact) mass is 638 g/mol. The van der Waals surface area contributed by atoms with E-state index in [4.69, 9.17) is 23.0 Å². The number of aryl methyl sites for hydroxylation is 2. The van der Waals surface area contributed by atoms with E-state index >= 15 is 0 Å². The Morgan fingerprint density at radius 3 is 1.80 bits per heavy atom. The number of fused-ring (bicyclic) bond motifs is 2. The first-order chi connectivity index (χ1) is 20.8. The van der Waals surface area contributed by atoms with E-state index in [-0.39, 0.29) is 23.0 Å². The van der Waals surface area contributed by atoms with Gasteiger partial charge in [-0.05, 0) is 0 Å². The fraction of sp³-hybridized carbons (Fsp3) is 0.500. The van der Waals surface area contributed by atoms with Gasteiger partial charge in [-0.15, -0.1) is 0 Å². The number of ether oxygens (including phenoxy) is 2. The Morgan fingerprint density at radius 1 is 0.844 bits per heavy atom. The molecule has 0 atom stereocenters. The molecule has 1 aromatic heterocycles. The zero-order valence-electron chi connectivity index (χ0n) is 28.6. The summed E-state index contributed by atoms with van der Waals surface area (Å²) in [5.74, 6) is 1.10. The van der Waals surface area contributed by atoms with Crippen LogP contribution < -0.4 is 9.05 Å². The Bertz CT molecular complexity index is 1580. The number of carbonyl (C=O) groups is 1. The summed E-state index contributed by atoms with van der Waals surface area (Å²) in [5.41, 5.74) is 5.17. The molecule has 244 valence electrons. The molecule has 0 N–H and O–H groups in total. The molecular formula is C34H47N4O6P. The molecule has 0 radical (unpaired) electrons. The average Bonchev–Trinajstić information content (AvgIpc) is 3.53. The maximum atomic E-state index is 14.3. The quantitative estimate of drug-likeness (QED) is 0.265. The normalized spacial score (nSPS) is 18.0. The van der Waals surface area contributed by atoms with E-state index in [2.05, 4.69) is 89.7 Å². The van der Waals surface area contributed by atoms with Gasteiger partial charge in [0.15, 0.2) is 0 Å². The topological polar surface area (TPSA) is 96.6 Å². The van der Waals surface area contributed by atoms with Crippen LogP contribution in [0, 0.1) is 13.8 Å². The van der Waals surface area contributed by atoms with Crippen LogP contribution >= 0.6 is 7.59 Å². The Labute approximate surface area is 267 Å². The second kappa shape index (κ2) is 10.9. The van der Waals surface area contributed by atoms with Gasteiger partial charge in [0.05, 0.1) is 0 Å². The van der Waals surface area contributed by atoms with Crippen molar-refractivity contribution < 1.29 is 27.8 Å². The van der Waals surface area contributed by atoms with E-state index in [0.717, 1.165) is 38.2 Å². The molecule has 3 heterocycles. The van der Waals surface area contributed by atoms with Crippen LogP contribution in [0.5, 0.6) is 11.5 Å². The second-order valence-electron chi connectivity index (χ2n) is 14.6. The van der Waals surface area contributed by atoms with Crippen molar-refractivity contribution in [2.75, 3.05) is 0 Å². The number of aromatic nitrogens is 2. The Hall–Kier alpha value is -3.78. The molecule has 2 aliphatic heterocycles. The van der Waals surface area contributed by atoms with Crippen LogP contribution in [0.4, 0.5) is 4.79 Å². The Kier molecular flexibility index (Phi) is 7.92. The van der Waals surface area contributed by atoms with Crippen LogP contribution in [-0.4, -0.2) is 38.5 Å². The van der Waals surface area contributed by atoms with E-state index in [1.807, 2.05) is 13.8 Å². The summed E-state index contributed by atoms with van der Waals surface area (Å²) >= 11 is 0. The molecular weight excluding hydrogens is 591 g/mol. The third-order valence-electron chi connectivity index (χ3n) is 7.55. The molecule has 0 saturated carbocycles. The van der Waals surface area contributed by atoms with Crippen molar-refractivity contribution in [1.82, 2.24) is 14.1 Å². The molecule has 3 aromatic rings. The molecule has 0 aliphatic carbocycles. The van der Waals surface area contributed by atoms with Crippen molar-refractivity contribution >= 4 is 19.8 Å². The van der Waals surface area contributed by atoms with Gasteiger partial charge in [0.1, 0.15) is 0 Å². The number of nitrogens with zero attached hydrogens (tertiary/aromatic N) is 4. The average molecular weight is 639 g/mol. The van der Waals surface area contributed by atoms with Gasteiger partial charge in [0, 0.05) is 0 Å². The van der Waals surface area contributed by atoms with Gasteiger partial charge < -0.3 is 0 Å². The van der Waals surface area contributed by atoms with Gasteiger partial charge in [0.2, 0.25) is 0 Å². The molecule has 0 fully saturated rings. The standard InChI is InChI=1S/C34H47N4O6P/c1-21(2)40-31-36-38(32(39)41-22(3)4)45(44-31,37-14-13-35-20-37)42-29-25(15-23(5)17-27(29)33(7,8)9)19-26-16-24(6)18-28(30(26)43-45)34(10,11)12/h13-18,20-22H,19H2,1-12H3. The third kappa shape index (κ3) is 5.73. The zero-order valence-corrected chi connectivity index (χ0v) is 29.5. The van der Waals surface area contributed by atoms with Crippen LogP contribution in [0.25, 0.3) is 0 Å². The molecule has 10 nitrogen and oxygen atoms in total. The molecule has 1 spiro atoms. The predicted molar refractivity (Wildman–Crippen MR) is 177 cm³/mol. The number of carbonyl (C=O) groups excluding carboxylic acids is 1. The van der Waals surface area contributed by atoms with E-state index in [1.54, 1.807) is 30.6 Å². The number of rotatable bonds is 3. The minimum absolute atomic E-state index is 0.172. The van der Waals surface area contributed by atoms with Crippen molar-refractivity contribution in [2.24, 2.45) is 5.10 Å². The number of amides is 1. The molecule has 0 bridgehead atoms. The number of hydrogen-bond acceptors (Lipinski definition) is 8. The summed E-state index contributed by atoms with van der Waals surface area (Å²) in [4.78, 5) is 18.6. The van der Waals surface area contributed by atoms with Gasteiger partial charge >= 0.3 is 267 Å². The van der Waals surface area contributed by atoms with E-state index in [0.29, 0.717) is 17.9 Å². The summed E-state index contributed by atoms with van der Waals surface area (Å²) in [6, 6.07) is 8.47. The SMILES string of the molecule is Cc1cc2c(c(C(C)(C)C)c1)OP1(n3ccnc3)(OC(OC(C)C)=NN1C(=O)OC(C)C)Oc1c(cc(C)cc1C(C)(C)C)C2.